The highest BCUT2D eigenvalue weighted by Gasteiger charge is 1.71. The second-order valence-electron chi connectivity index (χ2n) is 1.22. The Kier molecular flexibility index (Phi) is 14.4. The molecule has 0 spiro atoms. The molecule has 44 valence electrons. The fraction of sp³-hybridized carbons (Fsp3) is 0.600. The summed E-state index contributed by atoms with van der Waals surface area (Å²) in [6, 6.07) is 0. The van der Waals surface area contributed by atoms with Crippen LogP contribution >= 0.6 is 24.0 Å². The van der Waals surface area contributed by atoms with Crippen molar-refractivity contribution in [1.29, 1.82) is 0 Å². The van der Waals surface area contributed by atoms with Gasteiger partial charge in [0.25, 0.3) is 0 Å². The van der Waals surface area contributed by atoms with Gasteiger partial charge in [0.2, 0.25) is 0 Å². The van der Waals surface area contributed by atoms with Gasteiger partial charge < -0.3 is 5.73 Å². The van der Waals surface area contributed by atoms with Crippen LogP contribution in [0.25, 0.3) is 0 Å². The van der Waals surface area contributed by atoms with Gasteiger partial charge in [0, 0.05) is 0 Å². The number of rotatable bonds is 3. The monoisotopic (exact) mass is 213 g/mol. The maximum atomic E-state index is 5.17. The van der Waals surface area contributed by atoms with E-state index in [0.29, 0.717) is 0 Å². The van der Waals surface area contributed by atoms with Crippen LogP contribution in [0, 0.1) is 0 Å². The molecule has 0 saturated carbocycles. The third kappa shape index (κ3) is 10.7. The van der Waals surface area contributed by atoms with E-state index in [1.807, 2.05) is 6.08 Å². The lowest BCUT2D eigenvalue weighted by Crippen LogP contribution is -1.96. The Morgan fingerprint density at radius 1 is 1.57 bits per heavy atom. The average Bonchev–Trinajstić information content (AvgIpc) is 1.61. The molecule has 0 aromatic rings. The van der Waals surface area contributed by atoms with E-state index < -0.39 is 0 Å². The normalized spacial score (nSPS) is 7.00. The minimum absolute atomic E-state index is 0. The van der Waals surface area contributed by atoms with Gasteiger partial charge in [0.05, 0.1) is 0 Å². The Hall–Kier alpha value is 0.430. The fourth-order valence-corrected chi connectivity index (χ4v) is 0.262. The average molecular weight is 213 g/mol. The molecule has 0 aliphatic carbocycles. The molecule has 7 heavy (non-hydrogen) atoms. The maximum absolute atomic E-state index is 5.17. The first-order valence-electron chi connectivity index (χ1n) is 2.22. The molecule has 2 N–H and O–H groups in total. The van der Waals surface area contributed by atoms with Crippen LogP contribution in [0.2, 0.25) is 0 Å². The second-order valence-corrected chi connectivity index (χ2v) is 1.22. The SMILES string of the molecule is C=CCCCN.I. The predicted molar refractivity (Wildman–Crippen MR) is 43.9 cm³/mol. The van der Waals surface area contributed by atoms with Gasteiger partial charge in [-0.3, -0.25) is 0 Å². The van der Waals surface area contributed by atoms with Crippen molar-refractivity contribution in [2.45, 2.75) is 12.8 Å². The summed E-state index contributed by atoms with van der Waals surface area (Å²) in [6.07, 6.45) is 4.01. The zero-order chi connectivity index (χ0) is 4.83. The van der Waals surface area contributed by atoms with Crippen LogP contribution in [0.4, 0.5) is 0 Å². The van der Waals surface area contributed by atoms with Crippen LogP contribution < -0.4 is 5.73 Å². The molecule has 0 aliphatic rings. The van der Waals surface area contributed by atoms with Gasteiger partial charge in [0.15, 0.2) is 0 Å². The molecule has 0 bridgehead atoms. The van der Waals surface area contributed by atoms with Crippen molar-refractivity contribution >= 4 is 24.0 Å². The third-order valence-corrected chi connectivity index (χ3v) is 0.612. The van der Waals surface area contributed by atoms with Crippen molar-refractivity contribution < 1.29 is 0 Å². The zero-order valence-electron chi connectivity index (χ0n) is 4.39. The Balaban J connectivity index is 0. The van der Waals surface area contributed by atoms with Crippen molar-refractivity contribution in [3.8, 4) is 0 Å². The first kappa shape index (κ1) is 10.4. The van der Waals surface area contributed by atoms with Gasteiger partial charge in [0.1, 0.15) is 0 Å². The summed E-state index contributed by atoms with van der Waals surface area (Å²) in [5.74, 6) is 0. The van der Waals surface area contributed by atoms with Gasteiger partial charge in [-0.25, -0.2) is 0 Å². The molecule has 1 nitrogen and oxygen atoms in total. The van der Waals surface area contributed by atoms with Crippen LogP contribution in [0.1, 0.15) is 12.8 Å². The number of unbranched alkanes of at least 4 members (excludes halogenated alkanes) is 1. The third-order valence-electron chi connectivity index (χ3n) is 0.612. The first-order chi connectivity index (χ1) is 2.91. The maximum Gasteiger partial charge on any atom is -0.00743 e. The topological polar surface area (TPSA) is 26.0 Å². The molecule has 0 aliphatic heterocycles. The summed E-state index contributed by atoms with van der Waals surface area (Å²) in [5, 5.41) is 0. The van der Waals surface area contributed by atoms with Crippen molar-refractivity contribution in [2.24, 2.45) is 5.73 Å². The molecular weight excluding hydrogens is 201 g/mol. The molecule has 0 aromatic carbocycles. The van der Waals surface area contributed by atoms with E-state index in [1.165, 1.54) is 0 Å². The van der Waals surface area contributed by atoms with Gasteiger partial charge >= 0.3 is 0 Å². The Bertz CT molecular complexity index is 37.1. The van der Waals surface area contributed by atoms with E-state index in [2.05, 4.69) is 6.58 Å². The predicted octanol–water partition coefficient (Wildman–Crippen LogP) is 1.53. The van der Waals surface area contributed by atoms with Crippen LogP contribution in [-0.2, 0) is 0 Å². The largest absolute Gasteiger partial charge is 0.330 e. The minimum Gasteiger partial charge on any atom is -0.330 e. The number of hydrogen-bond donors (Lipinski definition) is 1. The van der Waals surface area contributed by atoms with Gasteiger partial charge in [-0.15, -0.1) is 30.6 Å². The number of hydrogen-bond acceptors (Lipinski definition) is 1. The summed E-state index contributed by atoms with van der Waals surface area (Å²) >= 11 is 0. The van der Waals surface area contributed by atoms with Crippen LogP contribution in [0.5, 0.6) is 0 Å². The molecule has 0 rings (SSSR count). The molecule has 0 unspecified atom stereocenters. The van der Waals surface area contributed by atoms with E-state index in [1.54, 1.807) is 0 Å². The summed E-state index contributed by atoms with van der Waals surface area (Å²) < 4.78 is 0. The molecular formula is C5H12IN. The smallest absolute Gasteiger partial charge is 0.00743 e. The molecule has 0 aromatic heterocycles. The lowest BCUT2D eigenvalue weighted by atomic mass is 10.3. The molecule has 0 radical (unpaired) electrons. The number of halogens is 1. The summed E-state index contributed by atoms with van der Waals surface area (Å²) in [7, 11) is 0. The Morgan fingerprint density at radius 3 is 2.29 bits per heavy atom. The first-order valence-corrected chi connectivity index (χ1v) is 2.22. The van der Waals surface area contributed by atoms with E-state index in [0.717, 1.165) is 19.4 Å². The van der Waals surface area contributed by atoms with Crippen molar-refractivity contribution in [3.63, 3.8) is 0 Å². The molecule has 0 atom stereocenters. The number of nitrogens with two attached hydrogens (primary N) is 1. The van der Waals surface area contributed by atoms with Crippen molar-refractivity contribution in [3.05, 3.63) is 12.7 Å². The summed E-state index contributed by atoms with van der Waals surface area (Å²) in [4.78, 5) is 0. The van der Waals surface area contributed by atoms with Gasteiger partial charge in [-0.2, -0.15) is 0 Å². The van der Waals surface area contributed by atoms with Crippen LogP contribution in [-0.4, -0.2) is 6.54 Å². The molecule has 0 saturated heterocycles. The molecule has 0 fully saturated rings. The van der Waals surface area contributed by atoms with Crippen molar-refractivity contribution in [1.82, 2.24) is 0 Å². The van der Waals surface area contributed by atoms with Crippen LogP contribution in [0.3, 0.4) is 0 Å². The zero-order valence-corrected chi connectivity index (χ0v) is 6.72. The van der Waals surface area contributed by atoms with E-state index >= 15 is 0 Å². The van der Waals surface area contributed by atoms with E-state index in [-0.39, 0.29) is 24.0 Å². The minimum atomic E-state index is 0. The second kappa shape index (κ2) is 9.66. The number of allylic oxidation sites excluding steroid dienone is 1. The van der Waals surface area contributed by atoms with E-state index in [4.69, 9.17) is 5.73 Å². The highest BCUT2D eigenvalue weighted by molar-refractivity contribution is 14.0. The van der Waals surface area contributed by atoms with Crippen LogP contribution in [0.15, 0.2) is 12.7 Å². The lowest BCUT2D eigenvalue weighted by Gasteiger charge is -1.82. The fourth-order valence-electron chi connectivity index (χ4n) is 0.262. The molecule has 2 heteroatoms. The summed E-state index contributed by atoms with van der Waals surface area (Å²) in [5.41, 5.74) is 5.17. The van der Waals surface area contributed by atoms with Crippen molar-refractivity contribution in [2.75, 3.05) is 6.54 Å². The Labute approximate surface area is 62.0 Å². The standard InChI is InChI=1S/C5H11N.HI/c1-2-3-4-5-6;/h2H,1,3-6H2;1H. The summed E-state index contributed by atoms with van der Waals surface area (Å²) in [6.45, 7) is 4.33. The quantitative estimate of drug-likeness (QED) is 0.429. The molecule has 0 heterocycles. The lowest BCUT2D eigenvalue weighted by molar-refractivity contribution is 0.856. The highest BCUT2D eigenvalue weighted by atomic mass is 127. The van der Waals surface area contributed by atoms with E-state index in [9.17, 15) is 0 Å². The molecule has 0 amide bonds. The highest BCUT2D eigenvalue weighted by Crippen LogP contribution is 1.82. The van der Waals surface area contributed by atoms with Gasteiger partial charge in [-0.1, -0.05) is 6.08 Å². The Morgan fingerprint density at radius 2 is 2.14 bits per heavy atom. The van der Waals surface area contributed by atoms with Gasteiger partial charge in [-0.05, 0) is 19.4 Å².